The molecule has 124 valence electrons. The summed E-state index contributed by atoms with van der Waals surface area (Å²) in [6, 6.07) is 1.96. The zero-order valence-corrected chi connectivity index (χ0v) is 14.1. The first kappa shape index (κ1) is 14.9. The Labute approximate surface area is 139 Å². The number of aryl methyl sites for hydroxylation is 4. The van der Waals surface area contributed by atoms with Crippen LogP contribution in [0, 0.1) is 13.8 Å². The lowest BCUT2D eigenvalue weighted by Gasteiger charge is -2.25. The summed E-state index contributed by atoms with van der Waals surface area (Å²) in [6.07, 6.45) is 5.57. The number of hydrogen-bond acceptors (Lipinski definition) is 4. The van der Waals surface area contributed by atoms with Crippen molar-refractivity contribution in [3.63, 3.8) is 0 Å². The first-order valence-corrected chi connectivity index (χ1v) is 8.15. The molecule has 0 saturated carbocycles. The summed E-state index contributed by atoms with van der Waals surface area (Å²) in [7, 11) is 1.85. The van der Waals surface area contributed by atoms with Gasteiger partial charge in [-0.3, -0.25) is 9.48 Å². The number of nitrogens with zero attached hydrogens (tertiary/aromatic N) is 5. The number of hydrogen-bond donors (Lipinski definition) is 1. The molecule has 1 atom stereocenters. The number of aromatic nitrogens is 5. The van der Waals surface area contributed by atoms with E-state index in [0.717, 1.165) is 47.6 Å². The van der Waals surface area contributed by atoms with Crippen LogP contribution in [0.1, 0.15) is 34.0 Å². The van der Waals surface area contributed by atoms with Crippen LogP contribution in [0.15, 0.2) is 18.5 Å². The summed E-state index contributed by atoms with van der Waals surface area (Å²) in [5.74, 6) is 1.03. The summed E-state index contributed by atoms with van der Waals surface area (Å²) in [5.41, 5.74) is 3.04. The van der Waals surface area contributed by atoms with Crippen LogP contribution in [0.25, 0.3) is 11.0 Å². The second kappa shape index (κ2) is 5.43. The van der Waals surface area contributed by atoms with E-state index in [1.165, 1.54) is 0 Å². The minimum Gasteiger partial charge on any atom is -0.347 e. The number of fused-ring (bicyclic) bond motifs is 2. The quantitative estimate of drug-likeness (QED) is 0.775. The zero-order valence-electron chi connectivity index (χ0n) is 14.1. The van der Waals surface area contributed by atoms with Crippen molar-refractivity contribution in [2.45, 2.75) is 39.3 Å². The molecule has 0 spiro atoms. The number of rotatable bonds is 2. The standard InChI is InChI=1S/C17H20N6O/c1-10-8-13(15-11(2)21-22(3)16(15)19-10)17(24)20-12-4-5-14-18-6-7-23(14)9-12/h6-8,12H,4-5,9H2,1-3H3,(H,20,24). The number of carbonyl (C=O) groups excluding carboxylic acids is 1. The zero-order chi connectivity index (χ0) is 16.8. The largest absolute Gasteiger partial charge is 0.347 e. The summed E-state index contributed by atoms with van der Waals surface area (Å²) in [6.45, 7) is 4.58. The molecule has 1 aliphatic heterocycles. The number of nitrogens with one attached hydrogen (secondary N) is 1. The minimum absolute atomic E-state index is 0.0600. The van der Waals surface area contributed by atoms with E-state index in [2.05, 4.69) is 25.0 Å². The van der Waals surface area contributed by atoms with Crippen molar-refractivity contribution in [3.8, 4) is 0 Å². The van der Waals surface area contributed by atoms with Crippen molar-refractivity contribution in [1.82, 2.24) is 29.6 Å². The molecule has 7 heteroatoms. The molecule has 0 radical (unpaired) electrons. The molecule has 1 amide bonds. The van der Waals surface area contributed by atoms with Crippen LogP contribution in [0.3, 0.4) is 0 Å². The van der Waals surface area contributed by atoms with Gasteiger partial charge in [0, 0.05) is 44.1 Å². The van der Waals surface area contributed by atoms with Crippen LogP contribution in [0.4, 0.5) is 0 Å². The highest BCUT2D eigenvalue weighted by Gasteiger charge is 2.23. The van der Waals surface area contributed by atoms with Crippen molar-refractivity contribution in [3.05, 3.63) is 41.2 Å². The molecular formula is C17H20N6O. The monoisotopic (exact) mass is 324 g/mol. The van der Waals surface area contributed by atoms with Gasteiger partial charge in [-0.2, -0.15) is 5.10 Å². The maximum absolute atomic E-state index is 12.9. The highest BCUT2D eigenvalue weighted by molar-refractivity contribution is 6.06. The Balaban J connectivity index is 1.65. The topological polar surface area (TPSA) is 77.6 Å². The molecule has 7 nitrogen and oxygen atoms in total. The molecule has 24 heavy (non-hydrogen) atoms. The van der Waals surface area contributed by atoms with Gasteiger partial charge >= 0.3 is 0 Å². The van der Waals surface area contributed by atoms with E-state index in [4.69, 9.17) is 0 Å². The van der Waals surface area contributed by atoms with Crippen molar-refractivity contribution in [2.24, 2.45) is 7.05 Å². The van der Waals surface area contributed by atoms with E-state index < -0.39 is 0 Å². The van der Waals surface area contributed by atoms with E-state index >= 15 is 0 Å². The Hall–Kier alpha value is -2.70. The van der Waals surface area contributed by atoms with Gasteiger partial charge in [-0.05, 0) is 26.3 Å². The summed E-state index contributed by atoms with van der Waals surface area (Å²) in [4.78, 5) is 21.7. The fraction of sp³-hybridized carbons (Fsp3) is 0.412. The Kier molecular flexibility index (Phi) is 3.37. The number of carbonyl (C=O) groups is 1. The van der Waals surface area contributed by atoms with Crippen LogP contribution < -0.4 is 5.32 Å². The average molecular weight is 324 g/mol. The highest BCUT2D eigenvalue weighted by Crippen LogP contribution is 2.22. The summed E-state index contributed by atoms with van der Waals surface area (Å²) in [5, 5.41) is 8.41. The molecule has 0 aromatic carbocycles. The van der Waals surface area contributed by atoms with Gasteiger partial charge in [0.15, 0.2) is 5.65 Å². The average Bonchev–Trinajstić information content (AvgIpc) is 3.11. The summed E-state index contributed by atoms with van der Waals surface area (Å²) >= 11 is 0. The maximum Gasteiger partial charge on any atom is 0.252 e. The number of amides is 1. The molecular weight excluding hydrogens is 304 g/mol. The van der Waals surface area contributed by atoms with Crippen LogP contribution in [-0.2, 0) is 20.0 Å². The lowest BCUT2D eigenvalue weighted by Crippen LogP contribution is -2.41. The number of pyridine rings is 1. The normalized spacial score (nSPS) is 17.0. The molecule has 0 bridgehead atoms. The summed E-state index contributed by atoms with van der Waals surface area (Å²) < 4.78 is 3.84. The Bertz CT molecular complexity index is 938. The fourth-order valence-corrected chi connectivity index (χ4v) is 3.50. The second-order valence-corrected chi connectivity index (χ2v) is 6.42. The van der Waals surface area contributed by atoms with Gasteiger partial charge in [0.1, 0.15) is 5.82 Å². The third-order valence-electron chi connectivity index (χ3n) is 4.61. The first-order chi connectivity index (χ1) is 11.5. The van der Waals surface area contributed by atoms with Gasteiger partial charge in [0.2, 0.25) is 0 Å². The van der Waals surface area contributed by atoms with Crippen molar-refractivity contribution < 1.29 is 4.79 Å². The molecule has 0 aliphatic carbocycles. The smallest absolute Gasteiger partial charge is 0.252 e. The molecule has 4 heterocycles. The third kappa shape index (κ3) is 2.36. The SMILES string of the molecule is Cc1cc(C(=O)NC2CCc3nccn3C2)c2c(C)nn(C)c2n1. The molecule has 1 unspecified atom stereocenters. The van der Waals surface area contributed by atoms with Crippen molar-refractivity contribution >= 4 is 16.9 Å². The van der Waals surface area contributed by atoms with Crippen molar-refractivity contribution in [1.29, 1.82) is 0 Å². The molecule has 0 saturated heterocycles. The lowest BCUT2D eigenvalue weighted by atomic mass is 10.0. The molecule has 0 fully saturated rings. The van der Waals surface area contributed by atoms with E-state index in [0.29, 0.717) is 5.56 Å². The van der Waals surface area contributed by atoms with Gasteiger partial charge < -0.3 is 9.88 Å². The predicted octanol–water partition coefficient (Wildman–Crippen LogP) is 1.53. The predicted molar refractivity (Wildman–Crippen MR) is 89.8 cm³/mol. The second-order valence-electron chi connectivity index (χ2n) is 6.42. The van der Waals surface area contributed by atoms with Crippen LogP contribution >= 0.6 is 0 Å². The van der Waals surface area contributed by atoms with Crippen LogP contribution in [0.2, 0.25) is 0 Å². The minimum atomic E-state index is -0.0600. The van der Waals surface area contributed by atoms with E-state index in [-0.39, 0.29) is 11.9 Å². The van der Waals surface area contributed by atoms with Gasteiger partial charge in [-0.1, -0.05) is 0 Å². The Morgan fingerprint density at radius 2 is 2.21 bits per heavy atom. The molecule has 1 N–H and O–H groups in total. The van der Waals surface area contributed by atoms with Gasteiger partial charge in [-0.25, -0.2) is 9.97 Å². The Morgan fingerprint density at radius 3 is 3.04 bits per heavy atom. The highest BCUT2D eigenvalue weighted by atomic mass is 16.1. The van der Waals surface area contributed by atoms with Crippen LogP contribution in [0.5, 0.6) is 0 Å². The van der Waals surface area contributed by atoms with Crippen LogP contribution in [-0.4, -0.2) is 36.3 Å². The molecule has 4 rings (SSSR count). The fourth-order valence-electron chi connectivity index (χ4n) is 3.50. The maximum atomic E-state index is 12.9. The Morgan fingerprint density at radius 1 is 1.38 bits per heavy atom. The number of imidazole rings is 1. The third-order valence-corrected chi connectivity index (χ3v) is 4.61. The lowest BCUT2D eigenvalue weighted by molar-refractivity contribution is 0.0929. The van der Waals surface area contributed by atoms with Gasteiger partial charge in [0.05, 0.1) is 16.6 Å². The van der Waals surface area contributed by atoms with Gasteiger partial charge in [-0.15, -0.1) is 0 Å². The molecule has 3 aromatic heterocycles. The van der Waals surface area contributed by atoms with Crippen molar-refractivity contribution in [2.75, 3.05) is 0 Å². The molecule has 1 aliphatic rings. The molecule has 3 aromatic rings. The van der Waals surface area contributed by atoms with Gasteiger partial charge in [0.25, 0.3) is 5.91 Å². The van der Waals surface area contributed by atoms with E-state index in [9.17, 15) is 4.79 Å². The van der Waals surface area contributed by atoms with E-state index in [1.807, 2.05) is 39.4 Å². The first-order valence-electron chi connectivity index (χ1n) is 8.15. The van der Waals surface area contributed by atoms with E-state index in [1.54, 1.807) is 4.68 Å².